The maximum Gasteiger partial charge on any atom is 1.00 e. The molecule has 1 N–H and O–H groups in total. The second-order valence-corrected chi connectivity index (χ2v) is 2.13. The Bertz CT molecular complexity index is 93.7. The van der Waals surface area contributed by atoms with E-state index in [1.165, 1.54) is 0 Å². The average molecular weight is 167 g/mol. The van der Waals surface area contributed by atoms with E-state index >= 15 is 0 Å². The maximum absolute atomic E-state index is 9.80. The summed E-state index contributed by atoms with van der Waals surface area (Å²) < 4.78 is 5.08. The third kappa shape index (κ3) is 4.05. The van der Waals surface area contributed by atoms with Gasteiger partial charge in [-0.3, -0.25) is 0 Å². The SMILES string of the molecule is O=[C-]NC1CCOCC1.[K+]. The summed E-state index contributed by atoms with van der Waals surface area (Å²) in [4.78, 5) is 9.80. The third-order valence-electron chi connectivity index (χ3n) is 1.48. The van der Waals surface area contributed by atoms with Crippen molar-refractivity contribution in [2.75, 3.05) is 13.2 Å². The van der Waals surface area contributed by atoms with Gasteiger partial charge in [-0.05, 0) is 12.8 Å². The van der Waals surface area contributed by atoms with Crippen molar-refractivity contribution in [1.82, 2.24) is 5.32 Å². The van der Waals surface area contributed by atoms with Gasteiger partial charge in [0.25, 0.3) is 0 Å². The molecule has 1 rings (SSSR count). The molecule has 10 heavy (non-hydrogen) atoms. The van der Waals surface area contributed by atoms with Crippen LogP contribution >= 0.6 is 0 Å². The summed E-state index contributed by atoms with van der Waals surface area (Å²) in [5, 5.41) is 2.60. The van der Waals surface area contributed by atoms with Crippen molar-refractivity contribution >= 4 is 6.41 Å². The van der Waals surface area contributed by atoms with Gasteiger partial charge < -0.3 is 14.8 Å². The molecule has 1 amide bonds. The molecule has 0 bridgehead atoms. The largest absolute Gasteiger partial charge is 1.00 e. The number of ether oxygens (including phenoxy) is 1. The second kappa shape index (κ2) is 6.76. The quantitative estimate of drug-likeness (QED) is 0.268. The van der Waals surface area contributed by atoms with Crippen molar-refractivity contribution in [2.45, 2.75) is 18.9 Å². The van der Waals surface area contributed by atoms with Gasteiger partial charge in [0.05, 0.1) is 0 Å². The first-order valence-electron chi connectivity index (χ1n) is 3.14. The fourth-order valence-electron chi connectivity index (χ4n) is 0.925. The Morgan fingerprint density at radius 2 is 2.00 bits per heavy atom. The van der Waals surface area contributed by atoms with Crippen LogP contribution in [0.15, 0.2) is 0 Å². The van der Waals surface area contributed by atoms with Crippen LogP contribution in [0.25, 0.3) is 0 Å². The van der Waals surface area contributed by atoms with Crippen molar-refractivity contribution in [1.29, 1.82) is 0 Å². The predicted octanol–water partition coefficient (Wildman–Crippen LogP) is -3.17. The zero-order chi connectivity index (χ0) is 6.53. The summed E-state index contributed by atoms with van der Waals surface area (Å²) in [6, 6.07) is 0.302. The molecule has 1 aliphatic heterocycles. The van der Waals surface area contributed by atoms with Crippen LogP contribution in [0.1, 0.15) is 12.8 Å². The standard InChI is InChI=1S/C6H10NO2.K/c8-5-7-6-1-3-9-4-2-6;/h6H,1-4H2,(H,7,8);/q-1;+1. The number of hydrogen-bond acceptors (Lipinski definition) is 2. The minimum atomic E-state index is 0. The topological polar surface area (TPSA) is 38.3 Å². The molecular weight excluding hydrogens is 157 g/mol. The number of hydrogen-bond donors (Lipinski definition) is 1. The van der Waals surface area contributed by atoms with E-state index in [4.69, 9.17) is 4.74 Å². The normalized spacial score (nSPS) is 19.2. The Morgan fingerprint density at radius 3 is 2.50 bits per heavy atom. The van der Waals surface area contributed by atoms with E-state index in [0.717, 1.165) is 26.1 Å². The second-order valence-electron chi connectivity index (χ2n) is 2.13. The van der Waals surface area contributed by atoms with E-state index in [1.807, 2.05) is 0 Å². The van der Waals surface area contributed by atoms with Gasteiger partial charge >= 0.3 is 51.4 Å². The molecule has 0 aliphatic carbocycles. The van der Waals surface area contributed by atoms with E-state index in [0.29, 0.717) is 6.04 Å². The minimum absolute atomic E-state index is 0. The number of rotatable bonds is 2. The van der Waals surface area contributed by atoms with E-state index in [9.17, 15) is 4.79 Å². The van der Waals surface area contributed by atoms with Crippen LogP contribution in [-0.2, 0) is 9.53 Å². The van der Waals surface area contributed by atoms with Gasteiger partial charge in [-0.15, -0.1) is 0 Å². The fourth-order valence-corrected chi connectivity index (χ4v) is 0.925. The van der Waals surface area contributed by atoms with Gasteiger partial charge in [-0.1, -0.05) is 0 Å². The molecule has 0 saturated carbocycles. The molecule has 4 heteroatoms. The van der Waals surface area contributed by atoms with Crippen LogP contribution in [0.2, 0.25) is 0 Å². The van der Waals surface area contributed by atoms with Crippen LogP contribution in [0.3, 0.4) is 0 Å². The van der Waals surface area contributed by atoms with E-state index in [2.05, 4.69) is 5.32 Å². The molecular formula is C6H10KNO2. The molecule has 0 spiro atoms. The number of carbonyl (C=O) groups excluding carboxylic acids is 1. The number of nitrogens with one attached hydrogen (secondary N) is 1. The van der Waals surface area contributed by atoms with Gasteiger partial charge in [0.1, 0.15) is 0 Å². The average Bonchev–Trinajstić information content (AvgIpc) is 1.91. The van der Waals surface area contributed by atoms with Gasteiger partial charge in [0, 0.05) is 19.3 Å². The summed E-state index contributed by atoms with van der Waals surface area (Å²) in [5.74, 6) is 0. The van der Waals surface area contributed by atoms with Gasteiger partial charge in [0.2, 0.25) is 0 Å². The van der Waals surface area contributed by atoms with Crippen LogP contribution in [0.5, 0.6) is 0 Å². The molecule has 3 nitrogen and oxygen atoms in total. The zero-order valence-corrected chi connectivity index (χ0v) is 9.35. The summed E-state index contributed by atoms with van der Waals surface area (Å²) in [6.07, 6.45) is 3.53. The molecule has 0 unspecified atom stereocenters. The first kappa shape index (κ1) is 11.1. The molecule has 0 aromatic carbocycles. The molecule has 1 aliphatic rings. The first-order chi connectivity index (χ1) is 4.43. The zero-order valence-electron chi connectivity index (χ0n) is 6.22. The van der Waals surface area contributed by atoms with E-state index < -0.39 is 0 Å². The van der Waals surface area contributed by atoms with Crippen molar-refractivity contribution in [3.05, 3.63) is 0 Å². The van der Waals surface area contributed by atoms with Crippen LogP contribution in [0, 0.1) is 0 Å². The summed E-state index contributed by atoms with van der Waals surface area (Å²) in [5.41, 5.74) is 0. The molecule has 0 aromatic rings. The van der Waals surface area contributed by atoms with Crippen LogP contribution in [0.4, 0.5) is 0 Å². The molecule has 1 heterocycles. The molecule has 1 fully saturated rings. The fraction of sp³-hybridized carbons (Fsp3) is 0.833. The van der Waals surface area contributed by atoms with Crippen molar-refractivity contribution in [3.63, 3.8) is 0 Å². The van der Waals surface area contributed by atoms with Crippen LogP contribution < -0.4 is 56.7 Å². The first-order valence-corrected chi connectivity index (χ1v) is 3.14. The van der Waals surface area contributed by atoms with Gasteiger partial charge in [-0.2, -0.15) is 6.41 Å². The Kier molecular flexibility index (Phi) is 7.48. The van der Waals surface area contributed by atoms with Crippen LogP contribution in [-0.4, -0.2) is 25.7 Å². The molecule has 1 saturated heterocycles. The molecule has 0 atom stereocenters. The third-order valence-corrected chi connectivity index (χ3v) is 1.48. The Balaban J connectivity index is 0.000000810. The molecule has 0 aromatic heterocycles. The van der Waals surface area contributed by atoms with Crippen molar-refractivity contribution in [3.8, 4) is 0 Å². The molecule has 0 radical (unpaired) electrons. The Hall–Kier alpha value is 1.07. The monoisotopic (exact) mass is 167 g/mol. The number of amides is 1. The van der Waals surface area contributed by atoms with Gasteiger partial charge in [0.15, 0.2) is 0 Å². The predicted molar refractivity (Wildman–Crippen MR) is 32.7 cm³/mol. The van der Waals surface area contributed by atoms with Crippen molar-refractivity contribution in [2.24, 2.45) is 0 Å². The minimum Gasteiger partial charge on any atom is -0.527 e. The van der Waals surface area contributed by atoms with Crippen molar-refractivity contribution < 1.29 is 60.9 Å². The Labute approximate surface area is 103 Å². The summed E-state index contributed by atoms with van der Waals surface area (Å²) in [7, 11) is 0. The summed E-state index contributed by atoms with van der Waals surface area (Å²) >= 11 is 0. The smallest absolute Gasteiger partial charge is 0.527 e. The van der Waals surface area contributed by atoms with E-state index in [1.54, 1.807) is 6.41 Å². The summed E-state index contributed by atoms with van der Waals surface area (Å²) in [6.45, 7) is 1.53. The maximum atomic E-state index is 9.80. The Morgan fingerprint density at radius 1 is 1.40 bits per heavy atom. The van der Waals surface area contributed by atoms with Gasteiger partial charge in [-0.25, -0.2) is 0 Å². The molecule has 52 valence electrons. The van der Waals surface area contributed by atoms with E-state index in [-0.39, 0.29) is 51.4 Å².